The van der Waals surface area contributed by atoms with E-state index in [2.05, 4.69) is 5.32 Å². The fraction of sp³-hybridized carbons (Fsp3) is 0.429. The first kappa shape index (κ1) is 18.0. The Bertz CT molecular complexity index is 667. The summed E-state index contributed by atoms with van der Waals surface area (Å²) < 4.78 is 26.3. The molecule has 0 heterocycles. The predicted octanol–water partition coefficient (Wildman–Crippen LogP) is 1.48. The molecule has 0 bridgehead atoms. The van der Waals surface area contributed by atoms with Gasteiger partial charge in [0.25, 0.3) is 15.9 Å². The number of nitrogens with one attached hydrogen (secondary N) is 2. The summed E-state index contributed by atoms with van der Waals surface area (Å²) in [6.45, 7) is 6.38. The van der Waals surface area contributed by atoms with Crippen LogP contribution >= 0.6 is 0 Å². The Morgan fingerprint density at radius 3 is 2.09 bits per heavy atom. The van der Waals surface area contributed by atoms with Crippen molar-refractivity contribution in [2.75, 3.05) is 0 Å². The molecule has 0 aliphatic rings. The number of carbonyl (C=O) groups excluding carboxylic acids is 1. The topological polar surface area (TPSA) is 113 Å². The third kappa shape index (κ3) is 3.97. The molecule has 1 aromatic rings. The number of aryl methyl sites for hydroxylation is 1. The molecule has 0 radical (unpaired) electrons. The van der Waals surface area contributed by atoms with Gasteiger partial charge in [0.2, 0.25) is 0 Å². The van der Waals surface area contributed by atoms with Crippen LogP contribution in [0.4, 0.5) is 4.79 Å². The second-order valence-corrected chi connectivity index (χ2v) is 7.22. The van der Waals surface area contributed by atoms with E-state index in [0.29, 0.717) is 0 Å². The normalized spacial score (nSPS) is 14.2. The fourth-order valence-electron chi connectivity index (χ4n) is 1.69. The van der Waals surface area contributed by atoms with Gasteiger partial charge in [0, 0.05) is 0 Å². The summed E-state index contributed by atoms with van der Waals surface area (Å²) in [5.74, 6) is -1.37. The highest BCUT2D eigenvalue weighted by Crippen LogP contribution is 2.18. The van der Waals surface area contributed by atoms with Crippen LogP contribution in [0, 0.1) is 12.8 Å². The summed E-state index contributed by atoms with van der Waals surface area (Å²) >= 11 is 0. The van der Waals surface area contributed by atoms with Crippen LogP contribution < -0.4 is 10.0 Å². The average Bonchev–Trinajstić information content (AvgIpc) is 2.37. The molecule has 22 heavy (non-hydrogen) atoms. The van der Waals surface area contributed by atoms with Crippen LogP contribution in [0.2, 0.25) is 0 Å². The standard InChI is InChI=1S/C14H20N2O5S/c1-9(2)14(4,15-13(18)19)12(17)16-22(20,21)11-7-5-10(3)6-8-11/h5-9,15H,1-4H3,(H,16,17)(H,18,19). The maximum absolute atomic E-state index is 12.3. The Morgan fingerprint density at radius 1 is 1.18 bits per heavy atom. The lowest BCUT2D eigenvalue weighted by atomic mass is 9.88. The first-order valence-corrected chi connectivity index (χ1v) is 8.12. The molecule has 1 unspecified atom stereocenters. The summed E-state index contributed by atoms with van der Waals surface area (Å²) in [6, 6.07) is 5.97. The molecule has 0 aliphatic heterocycles. The highest BCUT2D eigenvalue weighted by Gasteiger charge is 2.40. The Balaban J connectivity index is 3.07. The maximum atomic E-state index is 12.3. The van der Waals surface area contributed by atoms with Crippen LogP contribution in [0.25, 0.3) is 0 Å². The van der Waals surface area contributed by atoms with Crippen molar-refractivity contribution in [2.45, 2.75) is 38.1 Å². The highest BCUT2D eigenvalue weighted by molar-refractivity contribution is 7.90. The summed E-state index contributed by atoms with van der Waals surface area (Å²) in [5, 5.41) is 10.9. The van der Waals surface area contributed by atoms with E-state index >= 15 is 0 Å². The first-order valence-electron chi connectivity index (χ1n) is 6.64. The van der Waals surface area contributed by atoms with Gasteiger partial charge in [0.1, 0.15) is 5.54 Å². The molecule has 0 aliphatic carbocycles. The minimum Gasteiger partial charge on any atom is -0.465 e. The molecule has 1 aromatic carbocycles. The van der Waals surface area contributed by atoms with Crippen molar-refractivity contribution in [2.24, 2.45) is 5.92 Å². The number of carbonyl (C=O) groups is 2. The zero-order valence-electron chi connectivity index (χ0n) is 12.9. The number of carboxylic acid groups (broad SMARTS) is 1. The van der Waals surface area contributed by atoms with E-state index in [1.165, 1.54) is 19.1 Å². The molecule has 0 spiro atoms. The van der Waals surface area contributed by atoms with Gasteiger partial charge in [-0.1, -0.05) is 31.5 Å². The van der Waals surface area contributed by atoms with E-state index in [-0.39, 0.29) is 4.90 Å². The van der Waals surface area contributed by atoms with Gasteiger partial charge in [-0.05, 0) is 31.9 Å². The van der Waals surface area contributed by atoms with Gasteiger partial charge in [-0.3, -0.25) is 4.79 Å². The van der Waals surface area contributed by atoms with Crippen molar-refractivity contribution in [3.05, 3.63) is 29.8 Å². The van der Waals surface area contributed by atoms with Crippen molar-refractivity contribution in [1.29, 1.82) is 0 Å². The molecule has 0 aromatic heterocycles. The summed E-state index contributed by atoms with van der Waals surface area (Å²) in [5.41, 5.74) is -0.686. The molecule has 0 fully saturated rings. The van der Waals surface area contributed by atoms with Gasteiger partial charge in [-0.15, -0.1) is 0 Å². The molecule has 3 N–H and O–H groups in total. The number of amides is 2. The third-order valence-electron chi connectivity index (χ3n) is 3.55. The zero-order chi connectivity index (χ0) is 17.1. The minimum absolute atomic E-state index is 0.0621. The minimum atomic E-state index is -4.06. The summed E-state index contributed by atoms with van der Waals surface area (Å²) in [4.78, 5) is 23.1. The monoisotopic (exact) mass is 328 g/mol. The maximum Gasteiger partial charge on any atom is 0.405 e. The van der Waals surface area contributed by atoms with E-state index in [0.717, 1.165) is 5.56 Å². The van der Waals surface area contributed by atoms with Gasteiger partial charge in [0.15, 0.2) is 0 Å². The van der Waals surface area contributed by atoms with E-state index in [1.807, 2.05) is 11.6 Å². The van der Waals surface area contributed by atoms with Crippen molar-refractivity contribution < 1.29 is 23.1 Å². The molecule has 8 heteroatoms. The van der Waals surface area contributed by atoms with Gasteiger partial charge < -0.3 is 10.4 Å². The van der Waals surface area contributed by atoms with Crippen LogP contribution in [0.5, 0.6) is 0 Å². The van der Waals surface area contributed by atoms with Crippen molar-refractivity contribution in [3.63, 3.8) is 0 Å². The van der Waals surface area contributed by atoms with Crippen molar-refractivity contribution in [1.82, 2.24) is 10.0 Å². The quantitative estimate of drug-likeness (QED) is 0.758. The molecule has 0 saturated carbocycles. The molecule has 1 atom stereocenters. The smallest absolute Gasteiger partial charge is 0.405 e. The van der Waals surface area contributed by atoms with Gasteiger partial charge >= 0.3 is 6.09 Å². The Kier molecular flexibility index (Phi) is 5.18. The molecular formula is C14H20N2O5S. The first-order chi connectivity index (χ1) is 9.99. The van der Waals surface area contributed by atoms with Crippen LogP contribution in [0.15, 0.2) is 29.2 Å². The van der Waals surface area contributed by atoms with E-state index < -0.39 is 33.5 Å². The van der Waals surface area contributed by atoms with Gasteiger partial charge in [-0.2, -0.15) is 0 Å². The Morgan fingerprint density at radius 2 is 1.68 bits per heavy atom. The van der Waals surface area contributed by atoms with Gasteiger partial charge in [0.05, 0.1) is 4.90 Å². The van der Waals surface area contributed by atoms with Crippen LogP contribution in [-0.2, 0) is 14.8 Å². The lowest BCUT2D eigenvalue weighted by Gasteiger charge is -2.31. The van der Waals surface area contributed by atoms with Crippen molar-refractivity contribution >= 4 is 22.0 Å². The lowest BCUT2D eigenvalue weighted by Crippen LogP contribution is -2.60. The number of hydrogen-bond donors (Lipinski definition) is 3. The molecule has 2 amide bonds. The average molecular weight is 328 g/mol. The number of benzene rings is 1. The van der Waals surface area contributed by atoms with Gasteiger partial charge in [-0.25, -0.2) is 17.9 Å². The molecular weight excluding hydrogens is 308 g/mol. The lowest BCUT2D eigenvalue weighted by molar-refractivity contribution is -0.126. The molecule has 7 nitrogen and oxygen atoms in total. The van der Waals surface area contributed by atoms with E-state index in [9.17, 15) is 18.0 Å². The summed E-state index contributed by atoms with van der Waals surface area (Å²) in [7, 11) is -4.06. The molecule has 1 rings (SSSR count). The molecule has 0 saturated heterocycles. The molecule has 122 valence electrons. The second kappa shape index (κ2) is 6.35. The number of sulfonamides is 1. The Labute approximate surface area is 129 Å². The van der Waals surface area contributed by atoms with Crippen LogP contribution in [0.1, 0.15) is 26.3 Å². The predicted molar refractivity (Wildman–Crippen MR) is 80.9 cm³/mol. The Hall–Kier alpha value is -2.09. The van der Waals surface area contributed by atoms with E-state index in [4.69, 9.17) is 5.11 Å². The van der Waals surface area contributed by atoms with Crippen LogP contribution in [-0.4, -0.2) is 31.1 Å². The summed E-state index contributed by atoms with van der Waals surface area (Å²) in [6.07, 6.45) is -1.40. The largest absolute Gasteiger partial charge is 0.465 e. The number of hydrogen-bond acceptors (Lipinski definition) is 4. The highest BCUT2D eigenvalue weighted by atomic mass is 32.2. The SMILES string of the molecule is Cc1ccc(S(=O)(=O)NC(=O)C(C)(NC(=O)O)C(C)C)cc1. The van der Waals surface area contributed by atoms with Crippen LogP contribution in [0.3, 0.4) is 0 Å². The van der Waals surface area contributed by atoms with E-state index in [1.54, 1.807) is 26.0 Å². The third-order valence-corrected chi connectivity index (χ3v) is 4.90. The zero-order valence-corrected chi connectivity index (χ0v) is 13.7. The number of rotatable bonds is 5. The fourth-order valence-corrected chi connectivity index (χ4v) is 2.76. The second-order valence-electron chi connectivity index (χ2n) is 5.53. The van der Waals surface area contributed by atoms with Crippen molar-refractivity contribution in [3.8, 4) is 0 Å².